The SMILES string of the molecule is O=C(O)c1ccc(Cn2ccc3ccccc32)c(F)c1. The molecule has 0 unspecified atom stereocenters. The molecule has 0 amide bonds. The zero-order chi connectivity index (χ0) is 14.1. The zero-order valence-corrected chi connectivity index (χ0v) is 10.6. The maximum atomic E-state index is 13.9. The summed E-state index contributed by atoms with van der Waals surface area (Å²) in [6.07, 6.45) is 1.90. The minimum atomic E-state index is -1.12. The number of benzene rings is 2. The number of carboxylic acid groups (broad SMARTS) is 1. The standard InChI is InChI=1S/C16H12FNO2/c17-14-9-12(16(19)20)5-6-13(14)10-18-8-7-11-3-1-2-4-15(11)18/h1-9H,10H2,(H,19,20). The van der Waals surface area contributed by atoms with Crippen LogP contribution in [-0.2, 0) is 6.54 Å². The summed E-state index contributed by atoms with van der Waals surface area (Å²) in [7, 11) is 0. The van der Waals surface area contributed by atoms with Crippen LogP contribution in [0.2, 0.25) is 0 Å². The van der Waals surface area contributed by atoms with Gasteiger partial charge in [-0.3, -0.25) is 0 Å². The highest BCUT2D eigenvalue weighted by atomic mass is 19.1. The van der Waals surface area contributed by atoms with E-state index in [0.717, 1.165) is 17.0 Å². The Morgan fingerprint density at radius 2 is 1.95 bits per heavy atom. The van der Waals surface area contributed by atoms with Crippen molar-refractivity contribution in [3.05, 3.63) is 71.7 Å². The third kappa shape index (κ3) is 2.16. The zero-order valence-electron chi connectivity index (χ0n) is 10.6. The first-order valence-electron chi connectivity index (χ1n) is 6.21. The molecular formula is C16H12FNO2. The lowest BCUT2D eigenvalue weighted by molar-refractivity contribution is 0.0696. The number of hydrogen-bond donors (Lipinski definition) is 1. The molecule has 2 aromatic carbocycles. The van der Waals surface area contributed by atoms with Crippen LogP contribution in [0.15, 0.2) is 54.7 Å². The number of carboxylic acids is 1. The molecule has 1 aromatic heterocycles. The maximum Gasteiger partial charge on any atom is 0.335 e. The van der Waals surface area contributed by atoms with Gasteiger partial charge in [0.15, 0.2) is 0 Å². The quantitative estimate of drug-likeness (QED) is 0.790. The molecule has 3 rings (SSSR count). The number of carbonyl (C=O) groups is 1. The molecule has 0 spiro atoms. The molecule has 0 bridgehead atoms. The smallest absolute Gasteiger partial charge is 0.335 e. The van der Waals surface area contributed by atoms with E-state index < -0.39 is 11.8 Å². The molecular weight excluding hydrogens is 257 g/mol. The van der Waals surface area contributed by atoms with E-state index in [2.05, 4.69) is 0 Å². The van der Waals surface area contributed by atoms with Crippen LogP contribution >= 0.6 is 0 Å². The first-order valence-corrected chi connectivity index (χ1v) is 6.21. The lowest BCUT2D eigenvalue weighted by atomic mass is 10.1. The number of aromatic nitrogens is 1. The predicted molar refractivity (Wildman–Crippen MR) is 74.4 cm³/mol. The summed E-state index contributed by atoms with van der Waals surface area (Å²) in [6, 6.07) is 13.8. The van der Waals surface area contributed by atoms with Gasteiger partial charge in [0.1, 0.15) is 5.82 Å². The van der Waals surface area contributed by atoms with Gasteiger partial charge in [0, 0.05) is 17.3 Å². The molecule has 1 N–H and O–H groups in total. The summed E-state index contributed by atoms with van der Waals surface area (Å²) in [6.45, 7) is 0.374. The van der Waals surface area contributed by atoms with Crippen molar-refractivity contribution in [2.75, 3.05) is 0 Å². The fraction of sp³-hybridized carbons (Fsp3) is 0.0625. The van der Waals surface area contributed by atoms with Crippen LogP contribution in [0.4, 0.5) is 4.39 Å². The minimum Gasteiger partial charge on any atom is -0.478 e. The second kappa shape index (κ2) is 4.81. The summed E-state index contributed by atoms with van der Waals surface area (Å²) >= 11 is 0. The van der Waals surface area contributed by atoms with Crippen molar-refractivity contribution in [1.82, 2.24) is 4.57 Å². The van der Waals surface area contributed by atoms with Crippen molar-refractivity contribution >= 4 is 16.9 Å². The van der Waals surface area contributed by atoms with Crippen molar-refractivity contribution in [3.8, 4) is 0 Å². The third-order valence-electron chi connectivity index (χ3n) is 3.32. The van der Waals surface area contributed by atoms with E-state index in [-0.39, 0.29) is 5.56 Å². The molecule has 0 aliphatic heterocycles. The largest absolute Gasteiger partial charge is 0.478 e. The number of halogens is 1. The summed E-state index contributed by atoms with van der Waals surface area (Å²) in [5.74, 6) is -1.62. The number of rotatable bonds is 3. The fourth-order valence-corrected chi connectivity index (χ4v) is 2.27. The molecule has 0 atom stereocenters. The Labute approximate surface area is 114 Å². The maximum absolute atomic E-state index is 13.9. The predicted octanol–water partition coefficient (Wildman–Crippen LogP) is 3.53. The molecule has 3 aromatic rings. The molecule has 4 heteroatoms. The summed E-state index contributed by atoms with van der Waals surface area (Å²) in [5, 5.41) is 9.92. The minimum absolute atomic E-state index is 0.0383. The van der Waals surface area contributed by atoms with Gasteiger partial charge in [-0.15, -0.1) is 0 Å². The van der Waals surface area contributed by atoms with Crippen molar-refractivity contribution < 1.29 is 14.3 Å². The summed E-state index contributed by atoms with van der Waals surface area (Å²) in [4.78, 5) is 10.8. The van der Waals surface area contributed by atoms with Crippen LogP contribution in [0, 0.1) is 5.82 Å². The topological polar surface area (TPSA) is 42.2 Å². The van der Waals surface area contributed by atoms with E-state index in [1.165, 1.54) is 12.1 Å². The van der Waals surface area contributed by atoms with Gasteiger partial charge in [-0.05, 0) is 29.7 Å². The highest BCUT2D eigenvalue weighted by molar-refractivity contribution is 5.87. The Morgan fingerprint density at radius 3 is 2.70 bits per heavy atom. The number of nitrogens with zero attached hydrogens (tertiary/aromatic N) is 1. The van der Waals surface area contributed by atoms with Gasteiger partial charge in [-0.2, -0.15) is 0 Å². The second-order valence-corrected chi connectivity index (χ2v) is 4.61. The van der Waals surface area contributed by atoms with Crippen LogP contribution in [0.5, 0.6) is 0 Å². The van der Waals surface area contributed by atoms with E-state index in [9.17, 15) is 9.18 Å². The Bertz CT molecular complexity index is 792. The average molecular weight is 269 g/mol. The van der Waals surface area contributed by atoms with Crippen LogP contribution in [0.1, 0.15) is 15.9 Å². The summed E-state index contributed by atoms with van der Waals surface area (Å²) < 4.78 is 15.9. The molecule has 20 heavy (non-hydrogen) atoms. The average Bonchev–Trinajstić information content (AvgIpc) is 2.84. The lowest BCUT2D eigenvalue weighted by Gasteiger charge is -2.07. The van der Waals surface area contributed by atoms with Crippen LogP contribution in [0.25, 0.3) is 10.9 Å². The normalized spacial score (nSPS) is 10.8. The Morgan fingerprint density at radius 1 is 1.15 bits per heavy atom. The van der Waals surface area contributed by atoms with Gasteiger partial charge in [0.25, 0.3) is 0 Å². The first-order chi connectivity index (χ1) is 9.65. The van der Waals surface area contributed by atoms with Gasteiger partial charge in [0.05, 0.1) is 12.1 Å². The number of hydrogen-bond acceptors (Lipinski definition) is 1. The van der Waals surface area contributed by atoms with E-state index in [0.29, 0.717) is 12.1 Å². The number of para-hydroxylation sites is 1. The molecule has 1 heterocycles. The number of fused-ring (bicyclic) bond motifs is 1. The lowest BCUT2D eigenvalue weighted by Crippen LogP contribution is -2.03. The fourth-order valence-electron chi connectivity index (χ4n) is 2.27. The van der Waals surface area contributed by atoms with Gasteiger partial charge >= 0.3 is 5.97 Å². The Balaban J connectivity index is 1.97. The van der Waals surface area contributed by atoms with Gasteiger partial charge in [-0.1, -0.05) is 24.3 Å². The van der Waals surface area contributed by atoms with Crippen molar-refractivity contribution in [2.24, 2.45) is 0 Å². The molecule has 3 nitrogen and oxygen atoms in total. The van der Waals surface area contributed by atoms with Gasteiger partial charge < -0.3 is 9.67 Å². The Kier molecular flexibility index (Phi) is 2.99. The van der Waals surface area contributed by atoms with E-state index in [4.69, 9.17) is 5.11 Å². The molecule has 0 fully saturated rings. The Hall–Kier alpha value is -2.62. The van der Waals surface area contributed by atoms with Crippen molar-refractivity contribution in [2.45, 2.75) is 6.54 Å². The third-order valence-corrected chi connectivity index (χ3v) is 3.32. The number of aromatic carboxylic acids is 1. The highest BCUT2D eigenvalue weighted by Gasteiger charge is 2.09. The van der Waals surface area contributed by atoms with E-state index >= 15 is 0 Å². The molecule has 0 aliphatic carbocycles. The second-order valence-electron chi connectivity index (χ2n) is 4.61. The van der Waals surface area contributed by atoms with Crippen LogP contribution in [0.3, 0.4) is 0 Å². The molecule has 0 aliphatic rings. The highest BCUT2D eigenvalue weighted by Crippen LogP contribution is 2.18. The summed E-state index contributed by atoms with van der Waals surface area (Å²) in [5.41, 5.74) is 1.45. The first kappa shape index (κ1) is 12.4. The van der Waals surface area contributed by atoms with Crippen molar-refractivity contribution in [3.63, 3.8) is 0 Å². The molecule has 0 radical (unpaired) electrons. The van der Waals surface area contributed by atoms with Crippen LogP contribution in [-0.4, -0.2) is 15.6 Å². The van der Waals surface area contributed by atoms with Gasteiger partial charge in [0.2, 0.25) is 0 Å². The monoisotopic (exact) mass is 269 g/mol. The van der Waals surface area contributed by atoms with E-state index in [1.54, 1.807) is 0 Å². The van der Waals surface area contributed by atoms with Gasteiger partial charge in [-0.25, -0.2) is 9.18 Å². The molecule has 0 saturated heterocycles. The van der Waals surface area contributed by atoms with Crippen molar-refractivity contribution in [1.29, 1.82) is 0 Å². The van der Waals surface area contributed by atoms with E-state index in [1.807, 2.05) is 41.1 Å². The molecule has 100 valence electrons. The molecule has 0 saturated carbocycles. The van der Waals surface area contributed by atoms with Crippen LogP contribution < -0.4 is 0 Å².